The minimum Gasteiger partial charge on any atom is -0.305 e. The van der Waals surface area contributed by atoms with Crippen LogP contribution in [0.15, 0.2) is 11.8 Å². The molecule has 0 saturated carbocycles. The Labute approximate surface area is 76.0 Å². The quantitative estimate of drug-likeness (QED) is 0.411. The molecular formula is C9H9NOS. The third-order valence-electron chi connectivity index (χ3n) is 1.96. The zero-order valence-corrected chi connectivity index (χ0v) is 7.65. The molecular weight excluding hydrogens is 170 g/mol. The van der Waals surface area contributed by atoms with Crippen LogP contribution in [0.25, 0.3) is 0 Å². The summed E-state index contributed by atoms with van der Waals surface area (Å²) >= 11 is 1.80. The fraction of sp³-hybridized carbons (Fsp3) is 0.444. The minimum atomic E-state index is 0.225. The Morgan fingerprint density at radius 1 is 1.75 bits per heavy atom. The molecule has 2 nitrogen and oxygen atoms in total. The van der Waals surface area contributed by atoms with E-state index in [-0.39, 0.29) is 5.91 Å². The molecule has 1 atom stereocenters. The van der Waals surface area contributed by atoms with Crippen LogP contribution in [0, 0.1) is 11.8 Å². The van der Waals surface area contributed by atoms with E-state index >= 15 is 0 Å². The smallest absolute Gasteiger partial charge is 0.230 e. The monoisotopic (exact) mass is 179 g/mol. The lowest BCUT2D eigenvalue weighted by molar-refractivity contribution is -0.137. The molecule has 12 heavy (non-hydrogen) atoms. The lowest BCUT2D eigenvalue weighted by Crippen LogP contribution is -2.49. The average molecular weight is 179 g/mol. The Balaban J connectivity index is 2.17. The predicted octanol–water partition coefficient (Wildman–Crippen LogP) is 1.20. The van der Waals surface area contributed by atoms with Crippen molar-refractivity contribution in [1.29, 1.82) is 0 Å². The van der Waals surface area contributed by atoms with E-state index in [4.69, 9.17) is 0 Å². The van der Waals surface area contributed by atoms with Gasteiger partial charge in [0, 0.05) is 17.5 Å². The van der Waals surface area contributed by atoms with Crippen LogP contribution in [0.1, 0.15) is 13.3 Å². The SMILES string of the molecule is CC#CC1=CN2C(=O)C[C@@H]2SC1. The Kier molecular flexibility index (Phi) is 1.86. The van der Waals surface area contributed by atoms with Crippen LogP contribution in [-0.2, 0) is 4.79 Å². The van der Waals surface area contributed by atoms with Gasteiger partial charge >= 0.3 is 0 Å². The highest BCUT2D eigenvalue weighted by Gasteiger charge is 2.37. The second-order valence-electron chi connectivity index (χ2n) is 2.80. The third kappa shape index (κ3) is 1.12. The van der Waals surface area contributed by atoms with E-state index in [2.05, 4.69) is 11.8 Å². The van der Waals surface area contributed by atoms with Crippen molar-refractivity contribution in [2.75, 3.05) is 5.75 Å². The van der Waals surface area contributed by atoms with Crippen molar-refractivity contribution in [3.8, 4) is 11.8 Å². The number of β-lactam (4-membered cyclic amide) rings is 1. The maximum Gasteiger partial charge on any atom is 0.230 e. The van der Waals surface area contributed by atoms with Crippen LogP contribution in [-0.4, -0.2) is 21.9 Å². The summed E-state index contributed by atoms with van der Waals surface area (Å²) in [5.41, 5.74) is 1.06. The van der Waals surface area contributed by atoms with Crippen LogP contribution in [0.3, 0.4) is 0 Å². The van der Waals surface area contributed by atoms with Crippen molar-refractivity contribution in [2.24, 2.45) is 0 Å². The van der Waals surface area contributed by atoms with Gasteiger partial charge in [-0.1, -0.05) is 5.92 Å². The summed E-state index contributed by atoms with van der Waals surface area (Å²) in [6, 6.07) is 0. The van der Waals surface area contributed by atoms with E-state index in [0.717, 1.165) is 11.3 Å². The topological polar surface area (TPSA) is 20.3 Å². The van der Waals surface area contributed by atoms with Crippen molar-refractivity contribution < 1.29 is 4.79 Å². The third-order valence-corrected chi connectivity index (χ3v) is 3.22. The lowest BCUT2D eigenvalue weighted by Gasteiger charge is -2.40. The number of hydrogen-bond acceptors (Lipinski definition) is 2. The van der Waals surface area contributed by atoms with E-state index < -0.39 is 0 Å². The number of thioether (sulfide) groups is 1. The normalized spacial score (nSPS) is 26.4. The molecule has 2 aliphatic heterocycles. The van der Waals surface area contributed by atoms with Gasteiger partial charge in [0.2, 0.25) is 5.91 Å². The zero-order chi connectivity index (χ0) is 8.55. The van der Waals surface area contributed by atoms with Crippen LogP contribution in [0.4, 0.5) is 0 Å². The second-order valence-corrected chi connectivity index (χ2v) is 3.97. The Morgan fingerprint density at radius 2 is 2.58 bits per heavy atom. The molecule has 1 amide bonds. The van der Waals surface area contributed by atoms with E-state index in [0.29, 0.717) is 11.8 Å². The molecule has 2 aliphatic rings. The molecule has 2 heterocycles. The van der Waals surface area contributed by atoms with Crippen LogP contribution in [0.5, 0.6) is 0 Å². The van der Waals surface area contributed by atoms with Crippen LogP contribution < -0.4 is 0 Å². The fourth-order valence-electron chi connectivity index (χ4n) is 1.32. The van der Waals surface area contributed by atoms with Gasteiger partial charge in [-0.15, -0.1) is 17.7 Å². The largest absolute Gasteiger partial charge is 0.305 e. The molecule has 3 heteroatoms. The summed E-state index contributed by atoms with van der Waals surface area (Å²) in [7, 11) is 0. The van der Waals surface area contributed by atoms with Gasteiger partial charge in [-0.25, -0.2) is 0 Å². The second kappa shape index (κ2) is 2.87. The number of carbonyl (C=O) groups is 1. The number of fused-ring (bicyclic) bond motifs is 1. The van der Waals surface area contributed by atoms with Crippen molar-refractivity contribution in [2.45, 2.75) is 18.7 Å². The molecule has 0 radical (unpaired) electrons. The predicted molar refractivity (Wildman–Crippen MR) is 49.2 cm³/mol. The maximum atomic E-state index is 11.0. The molecule has 0 aromatic heterocycles. The van der Waals surface area contributed by atoms with Gasteiger partial charge in [0.15, 0.2) is 0 Å². The number of rotatable bonds is 0. The molecule has 62 valence electrons. The molecule has 2 rings (SSSR count). The molecule has 0 aromatic carbocycles. The van der Waals surface area contributed by atoms with Gasteiger partial charge in [0.05, 0.1) is 11.8 Å². The Bertz CT molecular complexity index is 310. The Hall–Kier alpha value is -0.880. The summed E-state index contributed by atoms with van der Waals surface area (Å²) in [6.45, 7) is 1.82. The van der Waals surface area contributed by atoms with Gasteiger partial charge in [-0.3, -0.25) is 4.79 Å². The van der Waals surface area contributed by atoms with Gasteiger partial charge in [-0.05, 0) is 6.92 Å². The van der Waals surface area contributed by atoms with Crippen molar-refractivity contribution >= 4 is 17.7 Å². The number of hydrogen-bond donors (Lipinski definition) is 0. The summed E-state index contributed by atoms with van der Waals surface area (Å²) in [5.74, 6) is 7.01. The van der Waals surface area contributed by atoms with Crippen LogP contribution >= 0.6 is 11.8 Å². The summed E-state index contributed by atoms with van der Waals surface area (Å²) in [5, 5.41) is 0.403. The van der Waals surface area contributed by atoms with Gasteiger partial charge in [-0.2, -0.15) is 0 Å². The fourth-order valence-corrected chi connectivity index (χ4v) is 2.43. The molecule has 1 fully saturated rings. The van der Waals surface area contributed by atoms with Gasteiger partial charge < -0.3 is 4.90 Å². The first-order valence-electron chi connectivity index (χ1n) is 3.87. The zero-order valence-electron chi connectivity index (χ0n) is 6.83. The minimum absolute atomic E-state index is 0.225. The molecule has 0 spiro atoms. The average Bonchev–Trinajstić information content (AvgIpc) is 2.07. The van der Waals surface area contributed by atoms with Crippen LogP contribution in [0.2, 0.25) is 0 Å². The highest BCUT2D eigenvalue weighted by molar-refractivity contribution is 8.00. The summed E-state index contributed by atoms with van der Waals surface area (Å²) < 4.78 is 0. The van der Waals surface area contributed by atoms with E-state index in [1.165, 1.54) is 0 Å². The first-order chi connectivity index (χ1) is 5.81. The summed E-state index contributed by atoms with van der Waals surface area (Å²) in [4.78, 5) is 12.8. The number of amides is 1. The first-order valence-corrected chi connectivity index (χ1v) is 4.92. The Morgan fingerprint density at radius 3 is 3.25 bits per heavy atom. The maximum absolute atomic E-state index is 11.0. The highest BCUT2D eigenvalue weighted by atomic mass is 32.2. The number of nitrogens with zero attached hydrogens (tertiary/aromatic N) is 1. The number of carbonyl (C=O) groups excluding carboxylic acids is 1. The van der Waals surface area contributed by atoms with E-state index in [1.807, 2.05) is 13.1 Å². The molecule has 0 aromatic rings. The van der Waals surface area contributed by atoms with Crippen molar-refractivity contribution in [3.63, 3.8) is 0 Å². The molecule has 0 bridgehead atoms. The first kappa shape index (κ1) is 7.75. The summed E-state index contributed by atoms with van der Waals surface area (Å²) in [6.07, 6.45) is 2.59. The molecule has 0 unspecified atom stereocenters. The molecule has 0 N–H and O–H groups in total. The molecule has 1 saturated heterocycles. The highest BCUT2D eigenvalue weighted by Crippen LogP contribution is 2.35. The van der Waals surface area contributed by atoms with Crippen molar-refractivity contribution in [3.05, 3.63) is 11.8 Å². The lowest BCUT2D eigenvalue weighted by atomic mass is 10.2. The standard InChI is InChI=1S/C9H9NOS/c1-2-3-7-5-10-8(11)4-9(10)12-6-7/h5,9H,4,6H2,1H3/t9-/m0/s1. The van der Waals surface area contributed by atoms with E-state index in [9.17, 15) is 4.79 Å². The van der Waals surface area contributed by atoms with Gasteiger partial charge in [0.1, 0.15) is 0 Å². The molecule has 0 aliphatic carbocycles. The van der Waals surface area contributed by atoms with Gasteiger partial charge in [0.25, 0.3) is 0 Å². The van der Waals surface area contributed by atoms with E-state index in [1.54, 1.807) is 16.7 Å². The van der Waals surface area contributed by atoms with Crippen molar-refractivity contribution in [1.82, 2.24) is 4.90 Å².